The average Bonchev–Trinajstić information content (AvgIpc) is 2.45. The second-order valence-corrected chi connectivity index (χ2v) is 5.49. The zero-order chi connectivity index (χ0) is 9.42. The van der Waals surface area contributed by atoms with Crippen LogP contribution in [0, 0.1) is 0 Å². The molecule has 1 aromatic rings. The molecular formula is C12H15Br. The van der Waals surface area contributed by atoms with Crippen molar-refractivity contribution in [1.29, 1.82) is 0 Å². The van der Waals surface area contributed by atoms with Crippen LogP contribution in [0.4, 0.5) is 0 Å². The predicted molar refractivity (Wildman–Crippen MR) is 60.6 cm³/mol. The molecule has 0 saturated heterocycles. The van der Waals surface area contributed by atoms with Gasteiger partial charge >= 0.3 is 0 Å². The first-order valence-corrected chi connectivity index (χ1v) is 5.84. The van der Waals surface area contributed by atoms with Gasteiger partial charge in [0.2, 0.25) is 0 Å². The fraction of sp³-hybridized carbons (Fsp3) is 0.500. The molecule has 1 aliphatic carbocycles. The van der Waals surface area contributed by atoms with Gasteiger partial charge in [0.15, 0.2) is 0 Å². The van der Waals surface area contributed by atoms with Gasteiger partial charge in [-0.3, -0.25) is 0 Å². The third kappa shape index (κ3) is 1.54. The number of alkyl halides is 1. The third-order valence-electron chi connectivity index (χ3n) is 3.09. The molecule has 3 atom stereocenters. The first kappa shape index (κ1) is 9.26. The van der Waals surface area contributed by atoms with Crippen LogP contribution in [0.2, 0.25) is 0 Å². The van der Waals surface area contributed by atoms with Crippen molar-refractivity contribution in [2.45, 2.75) is 36.9 Å². The minimum atomic E-state index is 0.596. The van der Waals surface area contributed by atoms with E-state index >= 15 is 0 Å². The Morgan fingerprint density at radius 1 is 1.31 bits per heavy atom. The molecule has 0 aliphatic heterocycles. The summed E-state index contributed by atoms with van der Waals surface area (Å²) in [6.07, 6.45) is 1.30. The van der Waals surface area contributed by atoms with Gasteiger partial charge in [-0.1, -0.05) is 54.0 Å². The van der Waals surface area contributed by atoms with E-state index in [2.05, 4.69) is 54.0 Å². The number of hydrogen-bond acceptors (Lipinski definition) is 0. The van der Waals surface area contributed by atoms with Gasteiger partial charge < -0.3 is 0 Å². The van der Waals surface area contributed by atoms with Crippen LogP contribution in [-0.2, 0) is 0 Å². The summed E-state index contributed by atoms with van der Waals surface area (Å²) in [6.45, 7) is 4.58. The Balaban J connectivity index is 2.41. The quantitative estimate of drug-likeness (QED) is 0.648. The van der Waals surface area contributed by atoms with E-state index < -0.39 is 0 Å². The van der Waals surface area contributed by atoms with Crippen LogP contribution >= 0.6 is 15.9 Å². The monoisotopic (exact) mass is 238 g/mol. The van der Waals surface area contributed by atoms with Crippen molar-refractivity contribution >= 4 is 15.9 Å². The molecule has 0 aromatic heterocycles. The minimum absolute atomic E-state index is 0.596. The minimum Gasteiger partial charge on any atom is -0.0887 e. The second kappa shape index (κ2) is 3.45. The summed E-state index contributed by atoms with van der Waals surface area (Å²) < 4.78 is 0. The fourth-order valence-corrected chi connectivity index (χ4v) is 2.87. The first-order chi connectivity index (χ1) is 6.20. The lowest BCUT2D eigenvalue weighted by molar-refractivity contribution is 0.618. The Bertz CT molecular complexity index is 304. The number of halogens is 1. The fourth-order valence-electron chi connectivity index (χ4n) is 2.37. The van der Waals surface area contributed by atoms with Crippen molar-refractivity contribution in [2.24, 2.45) is 0 Å². The van der Waals surface area contributed by atoms with Gasteiger partial charge in [-0.2, -0.15) is 0 Å². The molecule has 0 fully saturated rings. The summed E-state index contributed by atoms with van der Waals surface area (Å²) in [5, 5.41) is 0. The molecule has 70 valence electrons. The van der Waals surface area contributed by atoms with Gasteiger partial charge in [0.05, 0.1) is 0 Å². The summed E-state index contributed by atoms with van der Waals surface area (Å²) in [6, 6.07) is 8.85. The van der Waals surface area contributed by atoms with Crippen LogP contribution in [-0.4, -0.2) is 4.83 Å². The Hall–Kier alpha value is -0.300. The van der Waals surface area contributed by atoms with Crippen LogP contribution in [0.1, 0.15) is 43.2 Å². The van der Waals surface area contributed by atoms with Gasteiger partial charge in [-0.05, 0) is 29.4 Å². The number of rotatable bonds is 1. The van der Waals surface area contributed by atoms with E-state index in [1.807, 2.05) is 0 Å². The maximum absolute atomic E-state index is 3.70. The molecule has 3 unspecified atom stereocenters. The van der Waals surface area contributed by atoms with Gasteiger partial charge in [0, 0.05) is 4.83 Å². The number of benzene rings is 1. The lowest BCUT2D eigenvalue weighted by Crippen LogP contribution is -2.04. The summed E-state index contributed by atoms with van der Waals surface area (Å²) in [7, 11) is 0. The van der Waals surface area contributed by atoms with Crippen molar-refractivity contribution in [3.63, 3.8) is 0 Å². The van der Waals surface area contributed by atoms with Crippen LogP contribution in [0.3, 0.4) is 0 Å². The van der Waals surface area contributed by atoms with Crippen molar-refractivity contribution in [1.82, 2.24) is 0 Å². The normalized spacial score (nSPS) is 28.5. The largest absolute Gasteiger partial charge is 0.0887 e. The molecule has 0 heterocycles. The molecule has 0 bridgehead atoms. The molecule has 1 aliphatic rings. The van der Waals surface area contributed by atoms with Crippen LogP contribution in [0.25, 0.3) is 0 Å². The SMILES string of the molecule is CC1CC(C(C)Br)c2ccccc21. The van der Waals surface area contributed by atoms with Crippen molar-refractivity contribution < 1.29 is 0 Å². The van der Waals surface area contributed by atoms with Crippen LogP contribution < -0.4 is 0 Å². The topological polar surface area (TPSA) is 0 Å². The van der Waals surface area contributed by atoms with E-state index in [4.69, 9.17) is 0 Å². The van der Waals surface area contributed by atoms with Crippen molar-refractivity contribution in [3.8, 4) is 0 Å². The van der Waals surface area contributed by atoms with E-state index in [1.165, 1.54) is 6.42 Å². The highest BCUT2D eigenvalue weighted by Gasteiger charge is 2.30. The van der Waals surface area contributed by atoms with E-state index in [0.717, 1.165) is 5.92 Å². The Labute approximate surface area is 88.5 Å². The lowest BCUT2D eigenvalue weighted by atomic mass is 9.99. The van der Waals surface area contributed by atoms with E-state index in [1.54, 1.807) is 11.1 Å². The molecular weight excluding hydrogens is 224 g/mol. The highest BCUT2D eigenvalue weighted by atomic mass is 79.9. The summed E-state index contributed by atoms with van der Waals surface area (Å²) >= 11 is 3.70. The molecule has 0 radical (unpaired) electrons. The molecule has 0 spiro atoms. The average molecular weight is 239 g/mol. The second-order valence-electron chi connectivity index (χ2n) is 4.05. The lowest BCUT2D eigenvalue weighted by Gasteiger charge is -2.13. The Morgan fingerprint density at radius 3 is 2.54 bits per heavy atom. The zero-order valence-corrected chi connectivity index (χ0v) is 9.71. The maximum atomic E-state index is 3.70. The Kier molecular flexibility index (Phi) is 2.46. The Morgan fingerprint density at radius 2 is 1.92 bits per heavy atom. The molecule has 0 amide bonds. The van der Waals surface area contributed by atoms with E-state index in [9.17, 15) is 0 Å². The molecule has 0 N–H and O–H groups in total. The van der Waals surface area contributed by atoms with E-state index in [0.29, 0.717) is 10.7 Å². The highest BCUT2D eigenvalue weighted by Crippen LogP contribution is 2.44. The molecule has 0 nitrogen and oxygen atoms in total. The standard InChI is InChI=1S/C12H15Br/c1-8-7-12(9(2)13)11-6-4-3-5-10(8)11/h3-6,8-9,12H,7H2,1-2H3. The van der Waals surface area contributed by atoms with Crippen LogP contribution in [0.15, 0.2) is 24.3 Å². The number of hydrogen-bond donors (Lipinski definition) is 0. The third-order valence-corrected chi connectivity index (χ3v) is 3.73. The smallest absolute Gasteiger partial charge is 0.0186 e. The summed E-state index contributed by atoms with van der Waals surface area (Å²) in [5.74, 6) is 1.45. The zero-order valence-electron chi connectivity index (χ0n) is 8.13. The van der Waals surface area contributed by atoms with Gasteiger partial charge in [0.25, 0.3) is 0 Å². The molecule has 13 heavy (non-hydrogen) atoms. The maximum Gasteiger partial charge on any atom is 0.0186 e. The molecule has 1 heteroatoms. The summed E-state index contributed by atoms with van der Waals surface area (Å²) in [4.78, 5) is 0.596. The molecule has 1 aromatic carbocycles. The predicted octanol–water partition coefficient (Wildman–Crippen LogP) is 4.06. The van der Waals surface area contributed by atoms with Crippen molar-refractivity contribution in [2.75, 3.05) is 0 Å². The highest BCUT2D eigenvalue weighted by molar-refractivity contribution is 9.09. The van der Waals surface area contributed by atoms with Gasteiger partial charge in [-0.15, -0.1) is 0 Å². The van der Waals surface area contributed by atoms with Crippen molar-refractivity contribution in [3.05, 3.63) is 35.4 Å². The van der Waals surface area contributed by atoms with Gasteiger partial charge in [0.1, 0.15) is 0 Å². The molecule has 2 rings (SSSR count). The summed E-state index contributed by atoms with van der Waals surface area (Å²) in [5.41, 5.74) is 3.11. The van der Waals surface area contributed by atoms with Gasteiger partial charge in [-0.25, -0.2) is 0 Å². The number of fused-ring (bicyclic) bond motifs is 1. The van der Waals surface area contributed by atoms with E-state index in [-0.39, 0.29) is 0 Å². The van der Waals surface area contributed by atoms with Crippen LogP contribution in [0.5, 0.6) is 0 Å². The first-order valence-electron chi connectivity index (χ1n) is 4.93. The molecule has 0 saturated carbocycles.